The van der Waals surface area contributed by atoms with E-state index < -0.39 is 28.0 Å². The molecule has 42 heavy (non-hydrogen) atoms. The molecule has 0 aliphatic carbocycles. The zero-order valence-electron chi connectivity index (χ0n) is 22.2. The van der Waals surface area contributed by atoms with Gasteiger partial charge in [-0.25, -0.2) is 4.79 Å². The average Bonchev–Trinajstić information content (AvgIpc) is 3.34. The molecule has 0 spiro atoms. The number of esters is 1. The van der Waals surface area contributed by atoms with Gasteiger partial charge in [0.1, 0.15) is 31.5 Å². The number of hydrogen-bond donors (Lipinski definition) is 3. The highest BCUT2D eigenvalue weighted by Gasteiger charge is 2.44. The van der Waals surface area contributed by atoms with Crippen LogP contribution in [0.15, 0.2) is 48.5 Å². The van der Waals surface area contributed by atoms with E-state index in [9.17, 15) is 34.6 Å². The number of amides is 2. The lowest BCUT2D eigenvalue weighted by Gasteiger charge is -2.42. The van der Waals surface area contributed by atoms with Crippen molar-refractivity contribution in [2.45, 2.75) is 43.4 Å². The van der Waals surface area contributed by atoms with Gasteiger partial charge in [-0.2, -0.15) is 12.6 Å². The van der Waals surface area contributed by atoms with Crippen molar-refractivity contribution in [3.63, 3.8) is 0 Å². The predicted octanol–water partition coefficient (Wildman–Crippen LogP) is 2.42. The minimum absolute atomic E-state index is 0.0743. The van der Waals surface area contributed by atoms with E-state index in [2.05, 4.69) is 17.9 Å². The van der Waals surface area contributed by atoms with Crippen molar-refractivity contribution in [3.8, 4) is 0 Å². The molecule has 2 fully saturated rings. The van der Waals surface area contributed by atoms with Gasteiger partial charge in [0.2, 0.25) is 5.91 Å². The molecule has 16 heteroatoms. The third kappa shape index (κ3) is 7.72. The molecule has 222 valence electrons. The summed E-state index contributed by atoms with van der Waals surface area (Å²) in [5, 5.41) is 32.2. The minimum atomic E-state index is -0.758. The van der Waals surface area contributed by atoms with Gasteiger partial charge < -0.3 is 19.7 Å². The maximum absolute atomic E-state index is 13.1. The molecular formula is C26H28N6O9S. The van der Waals surface area contributed by atoms with Crippen LogP contribution >= 0.6 is 12.6 Å². The van der Waals surface area contributed by atoms with Crippen molar-refractivity contribution in [3.05, 3.63) is 79.9 Å². The first-order valence-electron chi connectivity index (χ1n) is 12.9. The number of nitrogens with one attached hydrogen (secondary N) is 2. The van der Waals surface area contributed by atoms with Gasteiger partial charge >= 0.3 is 12.1 Å². The summed E-state index contributed by atoms with van der Waals surface area (Å²) >= 11 is 4.44. The van der Waals surface area contributed by atoms with E-state index in [1.54, 1.807) is 4.90 Å². The lowest BCUT2D eigenvalue weighted by Crippen LogP contribution is -2.64. The van der Waals surface area contributed by atoms with Gasteiger partial charge in [-0.3, -0.25) is 40.1 Å². The van der Waals surface area contributed by atoms with Crippen molar-refractivity contribution in [1.82, 2.24) is 15.1 Å². The lowest BCUT2D eigenvalue weighted by molar-refractivity contribution is -0.385. The van der Waals surface area contributed by atoms with E-state index in [1.807, 2.05) is 0 Å². The first-order chi connectivity index (χ1) is 20.0. The minimum Gasteiger partial charge on any atom is -0.460 e. The normalized spacial score (nSPS) is 18.1. The van der Waals surface area contributed by atoms with Crippen molar-refractivity contribution in [1.29, 1.82) is 5.41 Å². The number of ether oxygens (including phenoxy) is 2. The van der Waals surface area contributed by atoms with Crippen LogP contribution in [0.4, 0.5) is 16.2 Å². The molecule has 2 aromatic rings. The van der Waals surface area contributed by atoms with Gasteiger partial charge in [0.15, 0.2) is 0 Å². The van der Waals surface area contributed by atoms with E-state index in [-0.39, 0.29) is 73.7 Å². The number of benzene rings is 2. The molecule has 0 radical (unpaired) electrons. The Hall–Kier alpha value is -4.73. The summed E-state index contributed by atoms with van der Waals surface area (Å²) in [7, 11) is 0. The fraction of sp³-hybridized carbons (Fsp3) is 0.385. The second kappa shape index (κ2) is 13.3. The van der Waals surface area contributed by atoms with Crippen LogP contribution in [0.5, 0.6) is 0 Å². The highest BCUT2D eigenvalue weighted by Crippen LogP contribution is 2.26. The number of likely N-dealkylation sites (tertiary alicyclic amines) is 2. The highest BCUT2D eigenvalue weighted by atomic mass is 32.1. The Morgan fingerprint density at radius 1 is 0.905 bits per heavy atom. The standard InChI is InChI=1S/C26H28N6O9S/c27-23(10-24(33)40-14-16-1-5-19(6-2-16)31(36)37)28-18-11-29(12-18)25(34)22-9-21(42)13-30(22)26(35)41-15-17-3-7-20(8-4-17)32(38)39/h1-8,18,21-22,42H,9-15H2,(H2,27,28)/t21-,22-/m0/s1. The number of non-ortho nitro benzene ring substituents is 2. The molecule has 2 atom stereocenters. The van der Waals surface area contributed by atoms with Crippen LogP contribution in [-0.4, -0.2) is 80.4 Å². The van der Waals surface area contributed by atoms with Crippen molar-refractivity contribution < 1.29 is 33.7 Å². The molecule has 2 aliphatic heterocycles. The average molecular weight is 601 g/mol. The Balaban J connectivity index is 1.18. The Morgan fingerprint density at radius 3 is 1.95 bits per heavy atom. The predicted molar refractivity (Wildman–Crippen MR) is 150 cm³/mol. The molecule has 2 saturated heterocycles. The molecule has 15 nitrogen and oxygen atoms in total. The van der Waals surface area contributed by atoms with Crippen LogP contribution in [0, 0.1) is 25.6 Å². The van der Waals surface area contributed by atoms with E-state index in [1.165, 1.54) is 53.4 Å². The number of nitro groups is 2. The fourth-order valence-corrected chi connectivity index (χ4v) is 4.90. The number of carbonyl (C=O) groups excluding carboxylic acids is 3. The summed E-state index contributed by atoms with van der Waals surface area (Å²) in [6, 6.07) is 10.2. The van der Waals surface area contributed by atoms with Gasteiger partial charge in [-0.1, -0.05) is 0 Å². The number of rotatable bonds is 10. The first-order valence-corrected chi connectivity index (χ1v) is 13.4. The second-order valence-electron chi connectivity index (χ2n) is 9.86. The van der Waals surface area contributed by atoms with Crippen LogP contribution < -0.4 is 5.32 Å². The molecule has 2 aromatic carbocycles. The highest BCUT2D eigenvalue weighted by molar-refractivity contribution is 7.81. The number of thiol groups is 1. The number of hydrogen-bond acceptors (Lipinski definition) is 11. The summed E-state index contributed by atoms with van der Waals surface area (Å²) in [6.45, 7) is 0.577. The molecule has 0 unspecified atom stereocenters. The Kier molecular flexibility index (Phi) is 9.57. The number of amidine groups is 1. The zero-order valence-corrected chi connectivity index (χ0v) is 23.1. The first kappa shape index (κ1) is 30.2. The van der Waals surface area contributed by atoms with E-state index in [0.29, 0.717) is 17.5 Å². The number of nitrogens with zero attached hydrogens (tertiary/aromatic N) is 4. The van der Waals surface area contributed by atoms with Crippen molar-refractivity contribution in [2.24, 2.45) is 0 Å². The van der Waals surface area contributed by atoms with Gasteiger partial charge in [0, 0.05) is 49.1 Å². The smallest absolute Gasteiger partial charge is 0.410 e. The zero-order chi connectivity index (χ0) is 30.4. The maximum atomic E-state index is 13.1. The van der Waals surface area contributed by atoms with Crippen LogP contribution in [0.25, 0.3) is 0 Å². The summed E-state index contributed by atoms with van der Waals surface area (Å²) in [6.07, 6.45) is -0.650. The summed E-state index contributed by atoms with van der Waals surface area (Å²) in [4.78, 5) is 61.3. The quantitative estimate of drug-likeness (QED) is 0.0909. The molecule has 0 bridgehead atoms. The van der Waals surface area contributed by atoms with Crippen LogP contribution in [0.2, 0.25) is 0 Å². The third-order valence-corrected chi connectivity index (χ3v) is 7.12. The van der Waals surface area contributed by atoms with Gasteiger partial charge in [0.25, 0.3) is 11.4 Å². The molecular weight excluding hydrogens is 572 g/mol. The Bertz CT molecular complexity index is 1370. The topological polar surface area (TPSA) is 198 Å². The summed E-state index contributed by atoms with van der Waals surface area (Å²) < 4.78 is 10.5. The molecule has 4 rings (SSSR count). The Labute approximate surface area is 245 Å². The molecule has 2 heterocycles. The molecule has 0 saturated carbocycles. The molecule has 2 N–H and O–H groups in total. The SMILES string of the molecule is N=C(CC(=O)OCc1ccc([N+](=O)[O-])cc1)NC1CN(C(=O)[C@@H]2C[C@H](S)CN2C(=O)OCc2ccc([N+](=O)[O-])cc2)C1. The largest absolute Gasteiger partial charge is 0.460 e. The Morgan fingerprint density at radius 2 is 1.43 bits per heavy atom. The second-order valence-corrected chi connectivity index (χ2v) is 10.6. The monoisotopic (exact) mass is 600 g/mol. The third-order valence-electron chi connectivity index (χ3n) is 6.75. The van der Waals surface area contributed by atoms with Gasteiger partial charge in [-0.15, -0.1) is 0 Å². The molecule has 2 amide bonds. The van der Waals surface area contributed by atoms with Crippen LogP contribution in [0.1, 0.15) is 24.0 Å². The molecule has 2 aliphatic rings. The molecule has 0 aromatic heterocycles. The number of carbonyl (C=O) groups is 3. The van der Waals surface area contributed by atoms with Gasteiger partial charge in [-0.05, 0) is 41.8 Å². The van der Waals surface area contributed by atoms with Crippen LogP contribution in [-0.2, 0) is 32.3 Å². The van der Waals surface area contributed by atoms with E-state index in [0.717, 1.165) is 0 Å². The summed E-state index contributed by atoms with van der Waals surface area (Å²) in [5.74, 6) is -0.994. The lowest BCUT2D eigenvalue weighted by atomic mass is 10.1. The fourth-order valence-electron chi connectivity index (χ4n) is 4.52. The number of nitro benzene ring substituents is 2. The summed E-state index contributed by atoms with van der Waals surface area (Å²) in [5.41, 5.74) is 0.981. The van der Waals surface area contributed by atoms with E-state index in [4.69, 9.17) is 14.9 Å². The van der Waals surface area contributed by atoms with Gasteiger partial charge in [0.05, 0.1) is 15.9 Å². The van der Waals surface area contributed by atoms with E-state index >= 15 is 0 Å². The van der Waals surface area contributed by atoms with Crippen molar-refractivity contribution >= 4 is 47.8 Å². The van der Waals surface area contributed by atoms with Crippen LogP contribution in [0.3, 0.4) is 0 Å². The van der Waals surface area contributed by atoms with Crippen molar-refractivity contribution in [2.75, 3.05) is 19.6 Å². The maximum Gasteiger partial charge on any atom is 0.410 e.